The topological polar surface area (TPSA) is 13.1 Å². The van der Waals surface area contributed by atoms with Crippen LogP contribution < -0.4 is 0 Å². The summed E-state index contributed by atoms with van der Waals surface area (Å²) in [5, 5.41) is 2.51. The van der Waals surface area contributed by atoms with Crippen LogP contribution in [0.5, 0.6) is 0 Å². The smallest absolute Gasteiger partial charge is 0.135 e. The van der Waals surface area contributed by atoms with Crippen LogP contribution in [0.25, 0.3) is 21.9 Å². The maximum absolute atomic E-state index is 6.06. The fraction of sp³-hybridized carbons (Fsp3) is 0.400. The van der Waals surface area contributed by atoms with Crippen molar-refractivity contribution in [2.75, 3.05) is 0 Å². The van der Waals surface area contributed by atoms with E-state index in [4.69, 9.17) is 4.42 Å². The van der Waals surface area contributed by atoms with Gasteiger partial charge in [0, 0.05) is 10.8 Å². The van der Waals surface area contributed by atoms with Gasteiger partial charge in [0.15, 0.2) is 0 Å². The normalized spacial score (nSPS) is 13.2. The molecule has 1 heteroatoms. The molecule has 1 aromatic heterocycles. The minimum absolute atomic E-state index is 0.0781. The molecule has 0 saturated carbocycles. The van der Waals surface area contributed by atoms with E-state index in [-0.39, 0.29) is 10.8 Å². The molecule has 0 radical (unpaired) electrons. The summed E-state index contributed by atoms with van der Waals surface area (Å²) in [7, 11) is 0. The lowest BCUT2D eigenvalue weighted by atomic mass is 9.73. The second kappa shape index (κ2) is 4.37. The Morgan fingerprint density at radius 1 is 0.714 bits per heavy atom. The van der Waals surface area contributed by atoms with Crippen LogP contribution in [0.3, 0.4) is 0 Å². The Kier molecular flexibility index (Phi) is 2.95. The third kappa shape index (κ3) is 2.25. The number of hydrogen-bond acceptors (Lipinski definition) is 1. The van der Waals surface area contributed by atoms with Crippen molar-refractivity contribution < 1.29 is 4.42 Å². The van der Waals surface area contributed by atoms with Crippen LogP contribution in [0.2, 0.25) is 0 Å². The summed E-state index contributed by atoms with van der Waals surface area (Å²) in [6, 6.07) is 12.7. The average Bonchev–Trinajstić information content (AvgIpc) is 2.73. The van der Waals surface area contributed by atoms with E-state index in [1.807, 2.05) is 6.07 Å². The molecule has 0 aliphatic carbocycles. The molecule has 0 spiro atoms. The maximum atomic E-state index is 6.06. The minimum atomic E-state index is 0.0781. The van der Waals surface area contributed by atoms with Crippen molar-refractivity contribution in [2.24, 2.45) is 0 Å². The zero-order valence-corrected chi connectivity index (χ0v) is 13.9. The van der Waals surface area contributed by atoms with Crippen LogP contribution >= 0.6 is 0 Å². The van der Waals surface area contributed by atoms with Crippen molar-refractivity contribution in [3.63, 3.8) is 0 Å². The first-order valence-corrected chi connectivity index (χ1v) is 7.65. The van der Waals surface area contributed by atoms with Gasteiger partial charge in [-0.15, -0.1) is 0 Å². The Balaban J connectivity index is 2.55. The molecule has 0 N–H and O–H groups in total. The number of furan rings is 1. The summed E-state index contributed by atoms with van der Waals surface area (Å²) in [5.74, 6) is 0. The van der Waals surface area contributed by atoms with E-state index in [1.54, 1.807) is 0 Å². The molecule has 0 amide bonds. The van der Waals surface area contributed by atoms with Crippen LogP contribution in [-0.2, 0) is 10.8 Å². The van der Waals surface area contributed by atoms with E-state index in [0.29, 0.717) is 0 Å². The molecule has 1 heterocycles. The zero-order chi connectivity index (χ0) is 15.4. The number of fused-ring (bicyclic) bond motifs is 3. The van der Waals surface area contributed by atoms with Gasteiger partial charge in [-0.3, -0.25) is 0 Å². The van der Waals surface area contributed by atoms with Crippen molar-refractivity contribution >= 4 is 21.9 Å². The highest BCUT2D eigenvalue weighted by atomic mass is 16.3. The maximum Gasteiger partial charge on any atom is 0.135 e. The van der Waals surface area contributed by atoms with E-state index < -0.39 is 0 Å². The predicted molar refractivity (Wildman–Crippen MR) is 91.1 cm³/mol. The van der Waals surface area contributed by atoms with Crippen LogP contribution in [-0.4, -0.2) is 0 Å². The van der Waals surface area contributed by atoms with E-state index in [9.17, 15) is 0 Å². The highest BCUT2D eigenvalue weighted by Crippen LogP contribution is 2.42. The summed E-state index contributed by atoms with van der Waals surface area (Å²) < 4.78 is 6.06. The van der Waals surface area contributed by atoms with Crippen molar-refractivity contribution in [3.05, 3.63) is 47.5 Å². The Bertz CT molecular complexity index is 807. The van der Waals surface area contributed by atoms with Gasteiger partial charge in [-0.2, -0.15) is 0 Å². The fourth-order valence-electron chi connectivity index (χ4n) is 3.22. The lowest BCUT2D eigenvalue weighted by Gasteiger charge is -2.30. The first-order valence-electron chi connectivity index (χ1n) is 7.65. The highest BCUT2D eigenvalue weighted by Gasteiger charge is 2.28. The summed E-state index contributed by atoms with van der Waals surface area (Å²) in [6.45, 7) is 13.7. The van der Waals surface area contributed by atoms with Gasteiger partial charge >= 0.3 is 0 Å². The molecule has 21 heavy (non-hydrogen) atoms. The van der Waals surface area contributed by atoms with Gasteiger partial charge in [0.2, 0.25) is 0 Å². The third-order valence-electron chi connectivity index (χ3n) is 4.10. The average molecular weight is 280 g/mol. The lowest BCUT2D eigenvalue weighted by Crippen LogP contribution is -2.22. The molecule has 0 aliphatic rings. The van der Waals surface area contributed by atoms with Gasteiger partial charge in [-0.1, -0.05) is 65.8 Å². The van der Waals surface area contributed by atoms with Gasteiger partial charge in [-0.05, 0) is 34.1 Å². The lowest BCUT2D eigenvalue weighted by molar-refractivity contribution is 0.534. The molecule has 0 unspecified atom stereocenters. The molecule has 3 rings (SSSR count). The van der Waals surface area contributed by atoms with Crippen LogP contribution in [0.15, 0.2) is 40.8 Å². The molecular weight excluding hydrogens is 256 g/mol. The second-order valence-corrected chi connectivity index (χ2v) is 7.96. The summed E-state index contributed by atoms with van der Waals surface area (Å²) in [5.41, 5.74) is 4.99. The Morgan fingerprint density at radius 2 is 1.38 bits per heavy atom. The predicted octanol–water partition coefficient (Wildman–Crippen LogP) is 6.18. The Labute approximate surface area is 127 Å². The number of hydrogen-bond donors (Lipinski definition) is 0. The SMILES string of the molecule is CC(C)(C)c1ccc2oc3ccccc3c2c1C(C)(C)C. The first kappa shape index (κ1) is 14.2. The molecule has 0 aliphatic heterocycles. The molecule has 3 aromatic rings. The highest BCUT2D eigenvalue weighted by molar-refractivity contribution is 6.07. The standard InChI is InChI=1S/C20H24O/c1-19(2,3)14-11-12-16-17(18(14)20(4,5)6)13-9-7-8-10-15(13)21-16/h7-12H,1-6H3. The number of para-hydroxylation sites is 1. The summed E-state index contributed by atoms with van der Waals surface area (Å²) >= 11 is 0. The Morgan fingerprint density at radius 3 is 2.00 bits per heavy atom. The van der Waals surface area contributed by atoms with Crippen molar-refractivity contribution in [2.45, 2.75) is 52.4 Å². The van der Waals surface area contributed by atoms with Crippen LogP contribution in [0.1, 0.15) is 52.7 Å². The second-order valence-electron chi connectivity index (χ2n) is 7.96. The molecule has 0 saturated heterocycles. The van der Waals surface area contributed by atoms with E-state index in [0.717, 1.165) is 11.2 Å². The zero-order valence-electron chi connectivity index (χ0n) is 13.9. The van der Waals surface area contributed by atoms with Gasteiger partial charge in [0.05, 0.1) is 0 Å². The van der Waals surface area contributed by atoms with Gasteiger partial charge in [-0.25, -0.2) is 0 Å². The van der Waals surface area contributed by atoms with Crippen LogP contribution in [0, 0.1) is 0 Å². The number of rotatable bonds is 0. The molecular formula is C20H24O. The Hall–Kier alpha value is -1.76. The number of benzene rings is 2. The van der Waals surface area contributed by atoms with Gasteiger partial charge < -0.3 is 4.42 Å². The quantitative estimate of drug-likeness (QED) is 0.479. The first-order chi connectivity index (χ1) is 9.69. The van der Waals surface area contributed by atoms with E-state index >= 15 is 0 Å². The molecule has 110 valence electrons. The summed E-state index contributed by atoms with van der Waals surface area (Å²) in [6.07, 6.45) is 0. The molecule has 0 fully saturated rings. The van der Waals surface area contributed by atoms with Crippen molar-refractivity contribution in [1.29, 1.82) is 0 Å². The third-order valence-corrected chi connectivity index (χ3v) is 4.10. The van der Waals surface area contributed by atoms with Crippen molar-refractivity contribution in [1.82, 2.24) is 0 Å². The molecule has 0 atom stereocenters. The van der Waals surface area contributed by atoms with Gasteiger partial charge in [0.1, 0.15) is 11.2 Å². The fourth-order valence-corrected chi connectivity index (χ4v) is 3.22. The molecule has 0 bridgehead atoms. The minimum Gasteiger partial charge on any atom is -0.456 e. The summed E-state index contributed by atoms with van der Waals surface area (Å²) in [4.78, 5) is 0. The molecule has 2 aromatic carbocycles. The van der Waals surface area contributed by atoms with E-state index in [1.165, 1.54) is 21.9 Å². The monoisotopic (exact) mass is 280 g/mol. The van der Waals surface area contributed by atoms with E-state index in [2.05, 4.69) is 71.9 Å². The van der Waals surface area contributed by atoms with Gasteiger partial charge in [0.25, 0.3) is 0 Å². The molecule has 1 nitrogen and oxygen atoms in total. The van der Waals surface area contributed by atoms with Crippen LogP contribution in [0.4, 0.5) is 0 Å². The van der Waals surface area contributed by atoms with Crippen molar-refractivity contribution in [3.8, 4) is 0 Å². The largest absolute Gasteiger partial charge is 0.456 e.